The Hall–Kier alpha value is -0.860. The Balaban J connectivity index is 1.71. The van der Waals surface area contributed by atoms with E-state index in [0.29, 0.717) is 24.2 Å². The van der Waals surface area contributed by atoms with Crippen LogP contribution in [0, 0.1) is 29.1 Å². The van der Waals surface area contributed by atoms with Crippen LogP contribution in [-0.2, 0) is 0 Å². The summed E-state index contributed by atoms with van der Waals surface area (Å²) in [6.45, 7) is 13.8. The zero-order valence-corrected chi connectivity index (χ0v) is 19.3. The van der Waals surface area contributed by atoms with Crippen LogP contribution in [-0.4, -0.2) is 22.4 Å². The Morgan fingerprint density at radius 2 is 1.90 bits per heavy atom. The lowest BCUT2D eigenvalue weighted by Crippen LogP contribution is -2.36. The molecule has 3 saturated carbocycles. The van der Waals surface area contributed by atoms with Crippen LogP contribution in [0.2, 0.25) is 0 Å². The molecule has 0 bridgehead atoms. The van der Waals surface area contributed by atoms with Crippen molar-refractivity contribution < 1.29 is 10.2 Å². The quantitative estimate of drug-likeness (QED) is 0.528. The molecule has 0 aromatic rings. The monoisotopic (exact) mass is 400 g/mol. The van der Waals surface area contributed by atoms with Gasteiger partial charge in [0.25, 0.3) is 0 Å². The maximum atomic E-state index is 10.1. The molecule has 2 nitrogen and oxygen atoms in total. The first kappa shape index (κ1) is 22.8. The molecule has 3 aliphatic rings. The van der Waals surface area contributed by atoms with Gasteiger partial charge < -0.3 is 10.2 Å². The third kappa shape index (κ3) is 5.07. The summed E-state index contributed by atoms with van der Waals surface area (Å²) < 4.78 is 0. The third-order valence-electron chi connectivity index (χ3n) is 8.43. The van der Waals surface area contributed by atoms with E-state index < -0.39 is 12.2 Å². The van der Waals surface area contributed by atoms with Crippen LogP contribution in [0.3, 0.4) is 0 Å². The lowest BCUT2D eigenvalue weighted by atomic mass is 9.60. The van der Waals surface area contributed by atoms with Crippen molar-refractivity contribution >= 4 is 0 Å². The van der Waals surface area contributed by atoms with Gasteiger partial charge in [-0.2, -0.15) is 0 Å². The Morgan fingerprint density at radius 1 is 1.14 bits per heavy atom. The number of allylic oxidation sites excluding steroid dienone is 3. The fraction of sp³-hybridized carbons (Fsp3) is 0.778. The molecule has 0 aromatic heterocycles. The van der Waals surface area contributed by atoms with Gasteiger partial charge in [-0.25, -0.2) is 0 Å². The van der Waals surface area contributed by atoms with E-state index in [1.54, 1.807) is 5.57 Å². The molecule has 0 aromatic carbocycles. The SMILES string of the molecule is C=C1C(=CC=C2CCC[C@@]3(C)C2CC[C@@H]3[C@H](C)CCCC(C)C)C[C@@H](O)C[C@@H]1O. The predicted octanol–water partition coefficient (Wildman–Crippen LogP) is 6.59. The maximum Gasteiger partial charge on any atom is 0.0811 e. The summed E-state index contributed by atoms with van der Waals surface area (Å²) in [5.74, 6) is 3.20. The second kappa shape index (κ2) is 9.52. The number of aliphatic hydroxyl groups excluding tert-OH is 2. The molecular weight excluding hydrogens is 356 g/mol. The van der Waals surface area contributed by atoms with Gasteiger partial charge in [0.1, 0.15) is 0 Å². The first-order valence-corrected chi connectivity index (χ1v) is 12.2. The minimum Gasteiger partial charge on any atom is -0.393 e. The van der Waals surface area contributed by atoms with Gasteiger partial charge in [0.2, 0.25) is 0 Å². The molecule has 6 atom stereocenters. The van der Waals surface area contributed by atoms with Crippen molar-refractivity contribution in [2.45, 2.75) is 104 Å². The molecule has 3 aliphatic carbocycles. The van der Waals surface area contributed by atoms with E-state index in [1.807, 2.05) is 0 Å². The fourth-order valence-corrected chi connectivity index (χ4v) is 6.73. The van der Waals surface area contributed by atoms with E-state index in [0.717, 1.165) is 28.9 Å². The molecule has 29 heavy (non-hydrogen) atoms. The first-order chi connectivity index (χ1) is 13.7. The summed E-state index contributed by atoms with van der Waals surface area (Å²) in [7, 11) is 0. The zero-order chi connectivity index (χ0) is 21.2. The van der Waals surface area contributed by atoms with Gasteiger partial charge in [0.05, 0.1) is 12.2 Å². The summed E-state index contributed by atoms with van der Waals surface area (Å²) >= 11 is 0. The molecule has 0 radical (unpaired) electrons. The van der Waals surface area contributed by atoms with Crippen LogP contribution >= 0.6 is 0 Å². The number of rotatable bonds is 6. The molecule has 164 valence electrons. The summed E-state index contributed by atoms with van der Waals surface area (Å²) in [5, 5.41) is 20.2. The number of hydrogen-bond acceptors (Lipinski definition) is 2. The first-order valence-electron chi connectivity index (χ1n) is 12.2. The van der Waals surface area contributed by atoms with Crippen molar-refractivity contribution in [3.63, 3.8) is 0 Å². The van der Waals surface area contributed by atoms with Crippen LogP contribution < -0.4 is 0 Å². The standard InChI is InChI=1S/C27H44O2/c1-18(2)8-6-9-19(3)24-13-14-25-21(10-7-15-27(24,25)5)11-12-22-16-23(28)17-26(29)20(22)4/h11-12,18-19,23-26,28-29H,4,6-10,13-17H2,1-3,5H3/t19-,23-,24-,25?,26+,27-/m1/s1. The van der Waals surface area contributed by atoms with Crippen molar-refractivity contribution in [2.24, 2.45) is 29.1 Å². The minimum absolute atomic E-state index is 0.420. The second-order valence-electron chi connectivity index (χ2n) is 11.0. The molecule has 2 heteroatoms. The summed E-state index contributed by atoms with van der Waals surface area (Å²) in [4.78, 5) is 0. The van der Waals surface area contributed by atoms with Crippen LogP contribution in [0.5, 0.6) is 0 Å². The Morgan fingerprint density at radius 3 is 2.62 bits per heavy atom. The molecule has 0 saturated heterocycles. The number of fused-ring (bicyclic) bond motifs is 1. The van der Waals surface area contributed by atoms with Crippen molar-refractivity contribution in [1.29, 1.82) is 0 Å². The summed E-state index contributed by atoms with van der Waals surface area (Å²) in [6, 6.07) is 0. The van der Waals surface area contributed by atoms with E-state index in [2.05, 4.69) is 46.4 Å². The highest BCUT2D eigenvalue weighted by Crippen LogP contribution is 2.59. The highest BCUT2D eigenvalue weighted by Gasteiger charge is 2.50. The molecule has 0 amide bonds. The van der Waals surface area contributed by atoms with Gasteiger partial charge >= 0.3 is 0 Å². The van der Waals surface area contributed by atoms with Crippen molar-refractivity contribution in [1.82, 2.24) is 0 Å². The predicted molar refractivity (Wildman–Crippen MR) is 123 cm³/mol. The van der Waals surface area contributed by atoms with E-state index in [1.165, 1.54) is 51.4 Å². The van der Waals surface area contributed by atoms with Gasteiger partial charge in [0.15, 0.2) is 0 Å². The average Bonchev–Trinajstić information content (AvgIpc) is 3.00. The largest absolute Gasteiger partial charge is 0.393 e. The van der Waals surface area contributed by atoms with Crippen molar-refractivity contribution in [3.05, 3.63) is 35.5 Å². The maximum absolute atomic E-state index is 10.1. The van der Waals surface area contributed by atoms with E-state index in [4.69, 9.17) is 0 Å². The number of hydrogen-bond donors (Lipinski definition) is 2. The zero-order valence-electron chi connectivity index (χ0n) is 19.3. The second-order valence-corrected chi connectivity index (χ2v) is 11.0. The molecule has 3 fully saturated rings. The van der Waals surface area contributed by atoms with Gasteiger partial charge in [-0.05, 0) is 78.8 Å². The minimum atomic E-state index is -0.595. The Labute approximate surface area is 179 Å². The number of aliphatic hydroxyl groups is 2. The Kier molecular flexibility index (Phi) is 7.49. The average molecular weight is 401 g/mol. The highest BCUT2D eigenvalue weighted by atomic mass is 16.3. The third-order valence-corrected chi connectivity index (χ3v) is 8.43. The van der Waals surface area contributed by atoms with E-state index in [-0.39, 0.29) is 0 Å². The van der Waals surface area contributed by atoms with Gasteiger partial charge in [-0.15, -0.1) is 0 Å². The molecule has 3 rings (SSSR count). The van der Waals surface area contributed by atoms with E-state index >= 15 is 0 Å². The van der Waals surface area contributed by atoms with Gasteiger partial charge in [-0.1, -0.05) is 71.3 Å². The highest BCUT2D eigenvalue weighted by molar-refractivity contribution is 5.38. The van der Waals surface area contributed by atoms with Crippen LogP contribution in [0.1, 0.15) is 91.9 Å². The van der Waals surface area contributed by atoms with E-state index in [9.17, 15) is 10.2 Å². The Bertz CT molecular complexity index is 643. The molecule has 0 heterocycles. The fourth-order valence-electron chi connectivity index (χ4n) is 6.73. The lowest BCUT2D eigenvalue weighted by Gasteiger charge is -2.44. The normalized spacial score (nSPS) is 39.3. The summed E-state index contributed by atoms with van der Waals surface area (Å²) in [6.07, 6.45) is 15.2. The molecular formula is C27H44O2. The molecule has 0 aliphatic heterocycles. The van der Waals surface area contributed by atoms with Crippen LogP contribution in [0.15, 0.2) is 35.5 Å². The van der Waals surface area contributed by atoms with Crippen LogP contribution in [0.4, 0.5) is 0 Å². The van der Waals surface area contributed by atoms with Crippen molar-refractivity contribution in [2.75, 3.05) is 0 Å². The summed E-state index contributed by atoms with van der Waals surface area (Å²) in [5.41, 5.74) is 3.88. The topological polar surface area (TPSA) is 40.5 Å². The van der Waals surface area contributed by atoms with Crippen LogP contribution in [0.25, 0.3) is 0 Å². The molecule has 0 spiro atoms. The molecule has 2 N–H and O–H groups in total. The van der Waals surface area contributed by atoms with Gasteiger partial charge in [-0.3, -0.25) is 0 Å². The van der Waals surface area contributed by atoms with Crippen molar-refractivity contribution in [3.8, 4) is 0 Å². The lowest BCUT2D eigenvalue weighted by molar-refractivity contribution is 0.0861. The molecule has 1 unspecified atom stereocenters. The van der Waals surface area contributed by atoms with Gasteiger partial charge in [0, 0.05) is 6.42 Å². The smallest absolute Gasteiger partial charge is 0.0811 e.